The van der Waals surface area contributed by atoms with Gasteiger partial charge in [-0.15, -0.1) is 0 Å². The molecular weight excluding hydrogens is 276 g/mol. The smallest absolute Gasteiger partial charge is 0.174 e. The van der Waals surface area contributed by atoms with Gasteiger partial charge in [0.05, 0.1) is 11.9 Å². The third kappa shape index (κ3) is 2.60. The van der Waals surface area contributed by atoms with Gasteiger partial charge in [-0.05, 0) is 39.4 Å². The second kappa shape index (κ2) is 4.30. The molecule has 0 atom stereocenters. The molecule has 1 aromatic carbocycles. The van der Waals surface area contributed by atoms with Crippen molar-refractivity contribution in [1.29, 1.82) is 0 Å². The number of imidazole rings is 1. The van der Waals surface area contributed by atoms with Crippen LogP contribution in [0.5, 0.6) is 0 Å². The molecule has 90 valence electrons. The standard InChI is InChI=1S/C14H17BrN2/c1-9-7-10(14(2,3)4)5-6-11(9)12-8-16-13(15)17-12/h5-8H,1-4H3,(H,16,17). The molecule has 2 rings (SSSR count). The van der Waals surface area contributed by atoms with E-state index in [0.717, 1.165) is 10.4 Å². The van der Waals surface area contributed by atoms with Crippen LogP contribution in [0, 0.1) is 6.92 Å². The van der Waals surface area contributed by atoms with Gasteiger partial charge in [-0.3, -0.25) is 0 Å². The summed E-state index contributed by atoms with van der Waals surface area (Å²) >= 11 is 3.33. The van der Waals surface area contributed by atoms with Gasteiger partial charge in [0.15, 0.2) is 4.73 Å². The summed E-state index contributed by atoms with van der Waals surface area (Å²) in [7, 11) is 0. The first-order chi connectivity index (χ1) is 7.88. The molecule has 17 heavy (non-hydrogen) atoms. The Hall–Kier alpha value is -1.09. The third-order valence-corrected chi connectivity index (χ3v) is 3.33. The van der Waals surface area contributed by atoms with Crippen LogP contribution >= 0.6 is 15.9 Å². The second-order valence-electron chi connectivity index (χ2n) is 5.37. The first-order valence-corrected chi connectivity index (χ1v) is 6.49. The minimum Gasteiger partial charge on any atom is -0.333 e. The van der Waals surface area contributed by atoms with Gasteiger partial charge in [-0.1, -0.05) is 39.0 Å². The molecule has 1 heterocycles. The predicted molar refractivity (Wildman–Crippen MR) is 75.2 cm³/mol. The summed E-state index contributed by atoms with van der Waals surface area (Å²) in [5.74, 6) is 0. The number of rotatable bonds is 1. The first kappa shape index (κ1) is 12.4. The van der Waals surface area contributed by atoms with E-state index < -0.39 is 0 Å². The normalized spacial score (nSPS) is 11.8. The Labute approximate surface area is 111 Å². The highest BCUT2D eigenvalue weighted by Crippen LogP contribution is 2.28. The maximum Gasteiger partial charge on any atom is 0.174 e. The quantitative estimate of drug-likeness (QED) is 0.827. The number of aryl methyl sites for hydroxylation is 1. The van der Waals surface area contributed by atoms with E-state index in [-0.39, 0.29) is 5.41 Å². The van der Waals surface area contributed by atoms with Crippen LogP contribution in [-0.4, -0.2) is 9.97 Å². The number of halogens is 1. The molecule has 0 bridgehead atoms. The molecule has 0 amide bonds. The van der Waals surface area contributed by atoms with Crippen LogP contribution in [0.3, 0.4) is 0 Å². The molecule has 2 aromatic rings. The lowest BCUT2D eigenvalue weighted by Crippen LogP contribution is -2.11. The van der Waals surface area contributed by atoms with E-state index in [9.17, 15) is 0 Å². The van der Waals surface area contributed by atoms with E-state index in [1.165, 1.54) is 16.7 Å². The van der Waals surface area contributed by atoms with Gasteiger partial charge in [-0.2, -0.15) is 0 Å². The number of H-pyrrole nitrogens is 1. The summed E-state index contributed by atoms with van der Waals surface area (Å²) in [6, 6.07) is 6.61. The Balaban J connectivity index is 2.45. The van der Waals surface area contributed by atoms with Gasteiger partial charge in [0.2, 0.25) is 0 Å². The fourth-order valence-corrected chi connectivity index (χ4v) is 2.18. The second-order valence-corrected chi connectivity index (χ2v) is 6.12. The number of nitrogens with one attached hydrogen (secondary N) is 1. The summed E-state index contributed by atoms with van der Waals surface area (Å²) in [6.07, 6.45) is 1.85. The number of nitrogens with zero attached hydrogens (tertiary/aromatic N) is 1. The van der Waals surface area contributed by atoms with Crippen LogP contribution in [0.1, 0.15) is 31.9 Å². The Morgan fingerprint density at radius 3 is 2.41 bits per heavy atom. The lowest BCUT2D eigenvalue weighted by atomic mass is 9.85. The summed E-state index contributed by atoms with van der Waals surface area (Å²) < 4.78 is 0.770. The molecule has 0 unspecified atom stereocenters. The van der Waals surface area contributed by atoms with Gasteiger partial charge in [-0.25, -0.2) is 4.98 Å². The van der Waals surface area contributed by atoms with Crippen molar-refractivity contribution < 1.29 is 0 Å². The van der Waals surface area contributed by atoms with Crippen LogP contribution in [0.4, 0.5) is 0 Å². The molecular formula is C14H17BrN2. The molecule has 0 aliphatic heterocycles. The van der Waals surface area contributed by atoms with E-state index in [4.69, 9.17) is 0 Å². The van der Waals surface area contributed by atoms with Crippen molar-refractivity contribution in [3.05, 3.63) is 40.3 Å². The van der Waals surface area contributed by atoms with Crippen LogP contribution in [0.2, 0.25) is 0 Å². The molecule has 1 N–H and O–H groups in total. The predicted octanol–water partition coefficient (Wildman–Crippen LogP) is 4.45. The minimum absolute atomic E-state index is 0.192. The molecule has 0 saturated carbocycles. The highest BCUT2D eigenvalue weighted by molar-refractivity contribution is 9.10. The molecule has 0 saturated heterocycles. The molecule has 0 fully saturated rings. The van der Waals surface area contributed by atoms with Crippen LogP contribution in [0.15, 0.2) is 29.1 Å². The topological polar surface area (TPSA) is 28.7 Å². The van der Waals surface area contributed by atoms with E-state index >= 15 is 0 Å². The van der Waals surface area contributed by atoms with Crippen LogP contribution < -0.4 is 0 Å². The Kier molecular flexibility index (Phi) is 3.13. The van der Waals surface area contributed by atoms with Crippen molar-refractivity contribution in [2.45, 2.75) is 33.1 Å². The number of aromatic nitrogens is 2. The Morgan fingerprint density at radius 1 is 1.24 bits per heavy atom. The van der Waals surface area contributed by atoms with Crippen LogP contribution in [0.25, 0.3) is 11.3 Å². The largest absolute Gasteiger partial charge is 0.333 e. The average Bonchev–Trinajstić information content (AvgIpc) is 2.63. The van der Waals surface area contributed by atoms with Crippen molar-refractivity contribution in [3.63, 3.8) is 0 Å². The fraction of sp³-hybridized carbons (Fsp3) is 0.357. The van der Waals surface area contributed by atoms with Crippen molar-refractivity contribution in [1.82, 2.24) is 9.97 Å². The van der Waals surface area contributed by atoms with Gasteiger partial charge in [0, 0.05) is 5.56 Å². The molecule has 0 aliphatic carbocycles. The molecule has 1 aromatic heterocycles. The molecule has 0 spiro atoms. The molecule has 0 radical (unpaired) electrons. The summed E-state index contributed by atoms with van der Waals surface area (Å²) in [4.78, 5) is 7.36. The van der Waals surface area contributed by atoms with E-state index in [0.29, 0.717) is 0 Å². The molecule has 3 heteroatoms. The summed E-state index contributed by atoms with van der Waals surface area (Å²) in [6.45, 7) is 8.83. The van der Waals surface area contributed by atoms with E-state index in [1.807, 2.05) is 6.20 Å². The Bertz CT molecular complexity index is 535. The fourth-order valence-electron chi connectivity index (χ4n) is 1.87. The highest BCUT2D eigenvalue weighted by atomic mass is 79.9. The number of hydrogen-bond acceptors (Lipinski definition) is 1. The monoisotopic (exact) mass is 292 g/mol. The SMILES string of the molecule is Cc1cc(C(C)(C)C)ccc1-c1cnc(Br)[nH]1. The average molecular weight is 293 g/mol. The zero-order chi connectivity index (χ0) is 12.6. The third-order valence-electron chi connectivity index (χ3n) is 2.93. The zero-order valence-corrected chi connectivity index (χ0v) is 12.2. The van der Waals surface area contributed by atoms with E-state index in [2.05, 4.69) is 71.8 Å². The number of benzene rings is 1. The maximum absolute atomic E-state index is 4.17. The minimum atomic E-state index is 0.192. The molecule has 2 nitrogen and oxygen atoms in total. The van der Waals surface area contributed by atoms with E-state index in [1.54, 1.807) is 0 Å². The lowest BCUT2D eigenvalue weighted by molar-refractivity contribution is 0.590. The first-order valence-electron chi connectivity index (χ1n) is 5.70. The van der Waals surface area contributed by atoms with Gasteiger partial charge >= 0.3 is 0 Å². The highest BCUT2D eigenvalue weighted by Gasteiger charge is 2.15. The van der Waals surface area contributed by atoms with Crippen molar-refractivity contribution in [3.8, 4) is 11.3 Å². The van der Waals surface area contributed by atoms with Crippen molar-refractivity contribution in [2.75, 3.05) is 0 Å². The van der Waals surface area contributed by atoms with Crippen LogP contribution in [-0.2, 0) is 5.41 Å². The number of hydrogen-bond donors (Lipinski definition) is 1. The number of aromatic amines is 1. The lowest BCUT2D eigenvalue weighted by Gasteiger charge is -2.20. The summed E-state index contributed by atoms with van der Waals surface area (Å²) in [5.41, 5.74) is 5.08. The van der Waals surface area contributed by atoms with Gasteiger partial charge < -0.3 is 4.98 Å². The molecule has 0 aliphatic rings. The zero-order valence-electron chi connectivity index (χ0n) is 10.6. The maximum atomic E-state index is 4.17. The van der Waals surface area contributed by atoms with Crippen molar-refractivity contribution >= 4 is 15.9 Å². The Morgan fingerprint density at radius 2 is 1.94 bits per heavy atom. The van der Waals surface area contributed by atoms with Crippen molar-refractivity contribution in [2.24, 2.45) is 0 Å². The van der Waals surface area contributed by atoms with Gasteiger partial charge in [0.25, 0.3) is 0 Å². The van der Waals surface area contributed by atoms with Gasteiger partial charge in [0.1, 0.15) is 0 Å². The summed E-state index contributed by atoms with van der Waals surface area (Å²) in [5, 5.41) is 0.